The Bertz CT molecular complexity index is 1100. The molecule has 28 heavy (non-hydrogen) atoms. The molecule has 2 atom stereocenters. The number of amides is 1. The molecule has 2 unspecified atom stereocenters. The summed E-state index contributed by atoms with van der Waals surface area (Å²) >= 11 is 0. The van der Waals surface area contributed by atoms with Crippen molar-refractivity contribution >= 4 is 17.4 Å². The molecule has 0 radical (unpaired) electrons. The number of hydrogen-bond donors (Lipinski definition) is 0. The fourth-order valence-corrected chi connectivity index (χ4v) is 4.31. The molecule has 0 bridgehead atoms. The molecule has 8 heteroatoms. The molecule has 2 saturated heterocycles. The summed E-state index contributed by atoms with van der Waals surface area (Å²) in [5.41, 5.74) is 1.85. The summed E-state index contributed by atoms with van der Waals surface area (Å²) in [6, 6.07) is 13.0. The van der Waals surface area contributed by atoms with E-state index in [1.807, 2.05) is 24.0 Å². The quantitative estimate of drug-likeness (QED) is 0.676. The van der Waals surface area contributed by atoms with Crippen LogP contribution in [0.2, 0.25) is 0 Å². The van der Waals surface area contributed by atoms with E-state index in [2.05, 4.69) is 26.3 Å². The number of rotatable bonds is 2. The van der Waals surface area contributed by atoms with Gasteiger partial charge < -0.3 is 9.80 Å². The van der Waals surface area contributed by atoms with Crippen LogP contribution in [0.25, 0.3) is 5.65 Å². The van der Waals surface area contributed by atoms with Crippen LogP contribution in [0.4, 0.5) is 5.82 Å². The van der Waals surface area contributed by atoms with E-state index in [0.717, 1.165) is 43.5 Å². The van der Waals surface area contributed by atoms with E-state index in [0.29, 0.717) is 23.0 Å². The van der Waals surface area contributed by atoms with Crippen LogP contribution in [0.5, 0.6) is 0 Å². The fourth-order valence-electron chi connectivity index (χ4n) is 4.31. The Hall–Kier alpha value is -3.47. The minimum atomic E-state index is 0.0118. The summed E-state index contributed by atoms with van der Waals surface area (Å²) in [4.78, 5) is 17.0. The predicted molar refractivity (Wildman–Crippen MR) is 102 cm³/mol. The Morgan fingerprint density at radius 2 is 1.89 bits per heavy atom. The number of hydrogen-bond acceptors (Lipinski definition) is 6. The second-order valence-corrected chi connectivity index (χ2v) is 7.54. The Balaban J connectivity index is 1.30. The van der Waals surface area contributed by atoms with Crippen LogP contribution < -0.4 is 4.90 Å². The summed E-state index contributed by atoms with van der Waals surface area (Å²) in [6.45, 7) is 5.13. The standard InChI is InChI=1S/C20H19N7O/c1-13-22-23-18-5-6-19(24-27(13)18)25-9-16-11-26(12-17(16)10-25)20(28)15-4-2-3-14(7-15)8-21/h2-7,16-17H,9-12H2,1H3. The predicted octanol–water partition coefficient (Wildman–Crippen LogP) is 1.51. The maximum Gasteiger partial charge on any atom is 0.253 e. The van der Waals surface area contributed by atoms with Gasteiger partial charge in [-0.1, -0.05) is 6.07 Å². The highest BCUT2D eigenvalue weighted by Gasteiger charge is 2.42. The maximum absolute atomic E-state index is 12.8. The average Bonchev–Trinajstić information content (AvgIpc) is 3.40. The van der Waals surface area contributed by atoms with E-state index in [4.69, 9.17) is 5.26 Å². The van der Waals surface area contributed by atoms with Crippen LogP contribution in [-0.2, 0) is 0 Å². The lowest BCUT2D eigenvalue weighted by atomic mass is 10.0. The zero-order valence-electron chi connectivity index (χ0n) is 15.5. The van der Waals surface area contributed by atoms with Gasteiger partial charge in [-0.2, -0.15) is 9.78 Å². The summed E-state index contributed by atoms with van der Waals surface area (Å²) in [6.07, 6.45) is 0. The summed E-state index contributed by atoms with van der Waals surface area (Å²) in [5.74, 6) is 2.57. The maximum atomic E-state index is 12.8. The largest absolute Gasteiger partial charge is 0.354 e. The lowest BCUT2D eigenvalue weighted by molar-refractivity contribution is 0.0782. The van der Waals surface area contributed by atoms with Crippen LogP contribution in [0.1, 0.15) is 21.7 Å². The Kier molecular flexibility index (Phi) is 3.76. The normalized spacial score (nSPS) is 21.1. The van der Waals surface area contributed by atoms with Crippen molar-refractivity contribution in [1.82, 2.24) is 24.7 Å². The number of aromatic nitrogens is 4. The molecule has 0 N–H and O–H groups in total. The first-order valence-electron chi connectivity index (χ1n) is 9.36. The van der Waals surface area contributed by atoms with Crippen molar-refractivity contribution in [3.05, 3.63) is 53.3 Å². The van der Waals surface area contributed by atoms with Crippen molar-refractivity contribution in [3.8, 4) is 6.07 Å². The molecular weight excluding hydrogens is 354 g/mol. The highest BCUT2D eigenvalue weighted by atomic mass is 16.2. The van der Waals surface area contributed by atoms with Crippen LogP contribution in [0.3, 0.4) is 0 Å². The summed E-state index contributed by atoms with van der Waals surface area (Å²) < 4.78 is 1.77. The Labute approximate surface area is 162 Å². The molecular formula is C20H19N7O. The highest BCUT2D eigenvalue weighted by Crippen LogP contribution is 2.34. The van der Waals surface area contributed by atoms with Crippen LogP contribution in [0, 0.1) is 30.1 Å². The minimum absolute atomic E-state index is 0.0118. The number of carbonyl (C=O) groups is 1. The third kappa shape index (κ3) is 2.67. The zero-order valence-corrected chi connectivity index (χ0v) is 15.5. The number of anilines is 1. The molecule has 1 amide bonds. The van der Waals surface area contributed by atoms with Crippen molar-refractivity contribution in [2.45, 2.75) is 6.92 Å². The molecule has 8 nitrogen and oxygen atoms in total. The molecule has 0 spiro atoms. The number of benzene rings is 1. The number of fused-ring (bicyclic) bond motifs is 2. The van der Waals surface area contributed by atoms with Gasteiger partial charge in [0.2, 0.25) is 0 Å². The van der Waals surface area contributed by atoms with Gasteiger partial charge in [0.05, 0.1) is 11.6 Å². The molecule has 0 saturated carbocycles. The number of nitrogens with zero attached hydrogens (tertiary/aromatic N) is 7. The number of nitriles is 1. The van der Waals surface area contributed by atoms with Crippen molar-refractivity contribution in [1.29, 1.82) is 5.26 Å². The number of carbonyl (C=O) groups excluding carboxylic acids is 1. The van der Waals surface area contributed by atoms with Gasteiger partial charge in [0.25, 0.3) is 5.91 Å². The molecule has 1 aromatic carbocycles. The first-order chi connectivity index (χ1) is 13.6. The molecule has 5 rings (SSSR count). The van der Waals surface area contributed by atoms with E-state index >= 15 is 0 Å². The van der Waals surface area contributed by atoms with Crippen LogP contribution in [-0.4, -0.2) is 56.8 Å². The smallest absolute Gasteiger partial charge is 0.253 e. The van der Waals surface area contributed by atoms with E-state index in [9.17, 15) is 4.79 Å². The van der Waals surface area contributed by atoms with Gasteiger partial charge in [-0.25, -0.2) is 0 Å². The van der Waals surface area contributed by atoms with Crippen LogP contribution in [0.15, 0.2) is 36.4 Å². The average molecular weight is 373 g/mol. The first kappa shape index (κ1) is 16.7. The topological polar surface area (TPSA) is 90.4 Å². The van der Waals surface area contributed by atoms with Gasteiger partial charge in [0.1, 0.15) is 5.82 Å². The molecule has 4 heterocycles. The molecule has 2 aromatic heterocycles. The lowest BCUT2D eigenvalue weighted by Crippen LogP contribution is -2.33. The first-order valence-corrected chi connectivity index (χ1v) is 9.36. The van der Waals surface area contributed by atoms with Crippen molar-refractivity contribution in [2.75, 3.05) is 31.1 Å². The Morgan fingerprint density at radius 1 is 1.11 bits per heavy atom. The third-order valence-corrected chi connectivity index (χ3v) is 5.74. The van der Waals surface area contributed by atoms with Crippen molar-refractivity contribution < 1.29 is 4.79 Å². The second kappa shape index (κ2) is 6.30. The summed E-state index contributed by atoms with van der Waals surface area (Å²) in [5, 5.41) is 21.9. The third-order valence-electron chi connectivity index (χ3n) is 5.74. The molecule has 3 aromatic rings. The number of likely N-dealkylation sites (tertiary alicyclic amines) is 1. The molecule has 0 aliphatic carbocycles. The second-order valence-electron chi connectivity index (χ2n) is 7.54. The molecule has 2 aliphatic rings. The molecule has 140 valence electrons. The van der Waals surface area contributed by atoms with E-state index in [-0.39, 0.29) is 5.91 Å². The monoisotopic (exact) mass is 373 g/mol. The van der Waals surface area contributed by atoms with Gasteiger partial charge in [0, 0.05) is 43.6 Å². The molecule has 2 aliphatic heterocycles. The SMILES string of the molecule is Cc1nnc2ccc(N3CC4CN(C(=O)c5cccc(C#N)c5)CC4C3)nn12. The lowest BCUT2D eigenvalue weighted by Gasteiger charge is -2.22. The van der Waals surface area contributed by atoms with Crippen molar-refractivity contribution in [3.63, 3.8) is 0 Å². The van der Waals surface area contributed by atoms with E-state index in [1.54, 1.807) is 28.8 Å². The highest BCUT2D eigenvalue weighted by molar-refractivity contribution is 5.94. The van der Waals surface area contributed by atoms with Gasteiger partial charge in [0.15, 0.2) is 11.5 Å². The zero-order chi connectivity index (χ0) is 19.3. The van der Waals surface area contributed by atoms with Crippen LogP contribution >= 0.6 is 0 Å². The minimum Gasteiger partial charge on any atom is -0.354 e. The van der Waals surface area contributed by atoms with Gasteiger partial charge >= 0.3 is 0 Å². The van der Waals surface area contributed by atoms with Crippen molar-refractivity contribution in [2.24, 2.45) is 11.8 Å². The van der Waals surface area contributed by atoms with Gasteiger partial charge in [-0.15, -0.1) is 15.3 Å². The number of aryl methyl sites for hydroxylation is 1. The van der Waals surface area contributed by atoms with Gasteiger partial charge in [-0.05, 0) is 37.3 Å². The summed E-state index contributed by atoms with van der Waals surface area (Å²) in [7, 11) is 0. The molecule has 2 fully saturated rings. The fraction of sp³-hybridized carbons (Fsp3) is 0.350. The van der Waals surface area contributed by atoms with E-state index in [1.165, 1.54) is 0 Å². The van der Waals surface area contributed by atoms with E-state index < -0.39 is 0 Å². The van der Waals surface area contributed by atoms with Gasteiger partial charge in [-0.3, -0.25) is 4.79 Å². The Morgan fingerprint density at radius 3 is 2.64 bits per heavy atom.